The molecule has 0 radical (unpaired) electrons. The first-order valence-electron chi connectivity index (χ1n) is 3.77. The lowest BCUT2D eigenvalue weighted by molar-refractivity contribution is 0.639. The number of halogens is 2. The first kappa shape index (κ1) is 12.5. The minimum Gasteiger partial charge on any atom is -0.329 e. The van der Waals surface area contributed by atoms with Crippen molar-refractivity contribution in [1.29, 1.82) is 0 Å². The molecule has 2 heterocycles. The van der Waals surface area contributed by atoms with Crippen LogP contribution in [0.25, 0.3) is 0 Å². The third-order valence-electron chi connectivity index (χ3n) is 1.99. The summed E-state index contributed by atoms with van der Waals surface area (Å²) in [5.41, 5.74) is 2.41. The van der Waals surface area contributed by atoms with Gasteiger partial charge in [-0.1, -0.05) is 0 Å². The molecule has 0 atom stereocenters. The van der Waals surface area contributed by atoms with E-state index in [-0.39, 0.29) is 30.4 Å². The summed E-state index contributed by atoms with van der Waals surface area (Å²) in [5.74, 6) is 0. The molecule has 1 aromatic heterocycles. The standard InChI is InChI=1S/C8H10N2O.2ClH/c11-8-3-6-1-2-9-4-7(6)5-10-8;;/h3,5,9H,1-2,4H2,(H,10,11);2*1H. The Bertz CT molecular complexity index is 324. The molecule has 1 aliphatic heterocycles. The van der Waals surface area contributed by atoms with Crippen LogP contribution in [0.4, 0.5) is 0 Å². The van der Waals surface area contributed by atoms with E-state index in [4.69, 9.17) is 0 Å². The number of rotatable bonds is 0. The van der Waals surface area contributed by atoms with Crippen molar-refractivity contribution in [3.05, 3.63) is 33.7 Å². The quantitative estimate of drug-likeness (QED) is 0.685. The highest BCUT2D eigenvalue weighted by Crippen LogP contribution is 2.08. The van der Waals surface area contributed by atoms with Crippen molar-refractivity contribution in [2.45, 2.75) is 13.0 Å². The lowest BCUT2D eigenvalue weighted by Gasteiger charge is -2.15. The summed E-state index contributed by atoms with van der Waals surface area (Å²) in [5, 5.41) is 3.24. The van der Waals surface area contributed by atoms with Crippen molar-refractivity contribution >= 4 is 24.8 Å². The number of hydrogen-bond donors (Lipinski definition) is 2. The minimum absolute atomic E-state index is 0. The van der Waals surface area contributed by atoms with E-state index in [1.165, 1.54) is 11.1 Å². The van der Waals surface area contributed by atoms with Crippen LogP contribution in [0.3, 0.4) is 0 Å². The highest BCUT2D eigenvalue weighted by molar-refractivity contribution is 5.85. The largest absolute Gasteiger partial charge is 0.329 e. The van der Waals surface area contributed by atoms with E-state index < -0.39 is 0 Å². The fraction of sp³-hybridized carbons (Fsp3) is 0.375. The zero-order valence-electron chi connectivity index (χ0n) is 7.00. The van der Waals surface area contributed by atoms with Gasteiger partial charge in [0.2, 0.25) is 5.56 Å². The van der Waals surface area contributed by atoms with Crippen LogP contribution >= 0.6 is 24.8 Å². The molecule has 0 fully saturated rings. The van der Waals surface area contributed by atoms with Crippen molar-refractivity contribution in [3.63, 3.8) is 0 Å². The monoisotopic (exact) mass is 222 g/mol. The lowest BCUT2D eigenvalue weighted by atomic mass is 10.0. The van der Waals surface area contributed by atoms with Gasteiger partial charge in [0.1, 0.15) is 0 Å². The van der Waals surface area contributed by atoms with Crippen molar-refractivity contribution in [3.8, 4) is 0 Å². The van der Waals surface area contributed by atoms with Crippen molar-refractivity contribution in [2.24, 2.45) is 0 Å². The number of fused-ring (bicyclic) bond motifs is 1. The smallest absolute Gasteiger partial charge is 0.248 e. The van der Waals surface area contributed by atoms with Crippen LogP contribution < -0.4 is 10.9 Å². The van der Waals surface area contributed by atoms with Crippen molar-refractivity contribution < 1.29 is 0 Å². The summed E-state index contributed by atoms with van der Waals surface area (Å²) in [7, 11) is 0. The fourth-order valence-corrected chi connectivity index (χ4v) is 1.39. The molecule has 2 rings (SSSR count). The molecule has 3 nitrogen and oxygen atoms in total. The molecular weight excluding hydrogens is 211 g/mol. The summed E-state index contributed by atoms with van der Waals surface area (Å²) in [6.45, 7) is 1.86. The second-order valence-electron chi connectivity index (χ2n) is 2.77. The summed E-state index contributed by atoms with van der Waals surface area (Å²) < 4.78 is 0. The maximum atomic E-state index is 10.9. The molecule has 0 bridgehead atoms. The van der Waals surface area contributed by atoms with Gasteiger partial charge in [0.25, 0.3) is 0 Å². The highest BCUT2D eigenvalue weighted by Gasteiger charge is 2.07. The Balaban J connectivity index is 0.000000720. The highest BCUT2D eigenvalue weighted by atomic mass is 35.5. The number of pyridine rings is 1. The average Bonchev–Trinajstić information content (AvgIpc) is 2.04. The number of aromatic nitrogens is 1. The van der Waals surface area contributed by atoms with Crippen LogP contribution in [0.1, 0.15) is 11.1 Å². The topological polar surface area (TPSA) is 44.9 Å². The molecule has 0 aromatic carbocycles. The summed E-state index contributed by atoms with van der Waals surface area (Å²) in [6.07, 6.45) is 2.77. The second-order valence-corrected chi connectivity index (χ2v) is 2.77. The van der Waals surface area contributed by atoms with Gasteiger partial charge in [0.15, 0.2) is 0 Å². The number of hydrogen-bond acceptors (Lipinski definition) is 2. The predicted molar refractivity (Wildman–Crippen MR) is 57.0 cm³/mol. The van der Waals surface area contributed by atoms with Gasteiger partial charge >= 0.3 is 0 Å². The first-order valence-corrected chi connectivity index (χ1v) is 3.77. The van der Waals surface area contributed by atoms with Crippen LogP contribution in [-0.2, 0) is 13.0 Å². The summed E-state index contributed by atoms with van der Waals surface area (Å²) >= 11 is 0. The third-order valence-corrected chi connectivity index (χ3v) is 1.99. The molecule has 2 N–H and O–H groups in total. The Hall–Kier alpha value is -0.510. The molecule has 0 spiro atoms. The predicted octanol–water partition coefficient (Wildman–Crippen LogP) is 0.864. The molecule has 1 aromatic rings. The number of aromatic amines is 1. The maximum absolute atomic E-state index is 10.9. The van der Waals surface area contributed by atoms with Gasteiger partial charge in [0, 0.05) is 18.8 Å². The van der Waals surface area contributed by atoms with Crippen LogP contribution in [0, 0.1) is 0 Å². The van der Waals surface area contributed by atoms with Gasteiger partial charge in [-0.3, -0.25) is 4.79 Å². The molecule has 13 heavy (non-hydrogen) atoms. The minimum atomic E-state index is 0. The van der Waals surface area contributed by atoms with E-state index in [1.807, 2.05) is 0 Å². The van der Waals surface area contributed by atoms with E-state index >= 15 is 0 Å². The number of nitrogens with one attached hydrogen (secondary N) is 2. The lowest BCUT2D eigenvalue weighted by Crippen LogP contribution is -2.25. The maximum Gasteiger partial charge on any atom is 0.248 e. The number of H-pyrrole nitrogens is 1. The Labute approximate surface area is 88.8 Å². The normalized spacial score (nSPS) is 13.5. The first-order chi connectivity index (χ1) is 5.36. The molecule has 5 heteroatoms. The third kappa shape index (κ3) is 2.72. The van der Waals surface area contributed by atoms with E-state index in [9.17, 15) is 4.79 Å². The average molecular weight is 223 g/mol. The van der Waals surface area contributed by atoms with Gasteiger partial charge in [-0.05, 0) is 24.1 Å². The fourth-order valence-electron chi connectivity index (χ4n) is 1.39. The summed E-state index contributed by atoms with van der Waals surface area (Å²) in [4.78, 5) is 13.5. The SMILES string of the molecule is Cl.Cl.O=c1cc2c(c[nH]1)CNCC2. The molecule has 0 aliphatic carbocycles. The van der Waals surface area contributed by atoms with Gasteiger partial charge in [-0.25, -0.2) is 0 Å². The van der Waals surface area contributed by atoms with Gasteiger partial charge < -0.3 is 10.3 Å². The molecule has 74 valence electrons. The van der Waals surface area contributed by atoms with E-state index in [2.05, 4.69) is 10.3 Å². The Kier molecular flexibility index (Phi) is 5.06. The van der Waals surface area contributed by atoms with E-state index in [1.54, 1.807) is 12.3 Å². The molecular formula is C8H12Cl2N2O. The molecule has 0 saturated heterocycles. The Morgan fingerprint density at radius 1 is 1.23 bits per heavy atom. The van der Waals surface area contributed by atoms with Gasteiger partial charge in [-0.2, -0.15) is 0 Å². The Morgan fingerprint density at radius 3 is 2.77 bits per heavy atom. The van der Waals surface area contributed by atoms with Crippen LogP contribution in [-0.4, -0.2) is 11.5 Å². The van der Waals surface area contributed by atoms with Gasteiger partial charge in [-0.15, -0.1) is 24.8 Å². The van der Waals surface area contributed by atoms with E-state index in [0.717, 1.165) is 19.5 Å². The van der Waals surface area contributed by atoms with Gasteiger partial charge in [0.05, 0.1) is 0 Å². The Morgan fingerprint density at radius 2 is 2.00 bits per heavy atom. The van der Waals surface area contributed by atoms with Crippen LogP contribution in [0.15, 0.2) is 17.1 Å². The zero-order valence-corrected chi connectivity index (χ0v) is 8.63. The summed E-state index contributed by atoms with van der Waals surface area (Å²) in [6, 6.07) is 1.69. The van der Waals surface area contributed by atoms with Crippen molar-refractivity contribution in [1.82, 2.24) is 10.3 Å². The van der Waals surface area contributed by atoms with Crippen LogP contribution in [0.5, 0.6) is 0 Å². The van der Waals surface area contributed by atoms with Crippen LogP contribution in [0.2, 0.25) is 0 Å². The second kappa shape index (κ2) is 5.27. The molecule has 0 amide bonds. The zero-order chi connectivity index (χ0) is 7.68. The van der Waals surface area contributed by atoms with E-state index in [0.29, 0.717) is 0 Å². The van der Waals surface area contributed by atoms with Crippen molar-refractivity contribution in [2.75, 3.05) is 6.54 Å². The molecule has 0 unspecified atom stereocenters. The molecule has 0 saturated carbocycles. The molecule has 1 aliphatic rings.